The van der Waals surface area contributed by atoms with Gasteiger partial charge in [-0.15, -0.1) is 11.8 Å². The molecule has 0 aromatic rings. The van der Waals surface area contributed by atoms with Gasteiger partial charge in [-0.25, -0.2) is 0 Å². The molecule has 0 spiro atoms. The molecule has 0 aliphatic carbocycles. The Bertz CT molecular complexity index is 82.2. The number of thioether (sulfide) groups is 1. The highest BCUT2D eigenvalue weighted by molar-refractivity contribution is 8.02. The van der Waals surface area contributed by atoms with Gasteiger partial charge in [0.25, 0.3) is 0 Å². The summed E-state index contributed by atoms with van der Waals surface area (Å²) in [5, 5.41) is 0. The molecule has 0 aromatic carbocycles. The van der Waals surface area contributed by atoms with E-state index in [2.05, 4.69) is 19.8 Å². The van der Waals surface area contributed by atoms with Gasteiger partial charge in [-0.3, -0.25) is 0 Å². The summed E-state index contributed by atoms with van der Waals surface area (Å²) in [6.45, 7) is 5.62. The zero-order chi connectivity index (χ0) is 5.70. The topological polar surface area (TPSA) is 0 Å². The summed E-state index contributed by atoms with van der Waals surface area (Å²) in [7, 11) is 0. The van der Waals surface area contributed by atoms with E-state index >= 15 is 0 Å². The van der Waals surface area contributed by atoms with Crippen LogP contribution in [0.1, 0.15) is 6.92 Å². The van der Waals surface area contributed by atoms with Crippen LogP contribution >= 0.6 is 11.8 Å². The second kappa shape index (κ2) is 4.00. The second-order valence-electron chi connectivity index (χ2n) is 1.22. The van der Waals surface area contributed by atoms with E-state index in [0.29, 0.717) is 0 Å². The third-order valence-electron chi connectivity index (χ3n) is 0.675. The molecule has 0 aliphatic rings. The maximum Gasteiger partial charge on any atom is -0.0140 e. The molecule has 0 aromatic heterocycles. The number of allylic oxidation sites excluding steroid dienone is 3. The Balaban J connectivity index is 3.49. The smallest absolute Gasteiger partial charge is 0.0140 e. The molecule has 0 heterocycles. The summed E-state index contributed by atoms with van der Waals surface area (Å²) < 4.78 is 0. The molecule has 40 valence electrons. The van der Waals surface area contributed by atoms with Crippen LogP contribution in [0.2, 0.25) is 0 Å². The monoisotopic (exact) mass is 114 g/mol. The van der Waals surface area contributed by atoms with Crippen molar-refractivity contribution in [3.05, 3.63) is 23.6 Å². The van der Waals surface area contributed by atoms with E-state index in [9.17, 15) is 0 Å². The highest BCUT2D eigenvalue weighted by Gasteiger charge is 1.75. The summed E-state index contributed by atoms with van der Waals surface area (Å²) in [6, 6.07) is 0. The molecule has 0 aliphatic heterocycles. The van der Waals surface area contributed by atoms with E-state index in [4.69, 9.17) is 0 Å². The Kier molecular flexibility index (Phi) is 3.90. The molecular formula is C6H10S. The Hall–Kier alpha value is -0.170. The highest BCUT2D eigenvalue weighted by atomic mass is 32.2. The van der Waals surface area contributed by atoms with Gasteiger partial charge in [0.05, 0.1) is 0 Å². The third kappa shape index (κ3) is 3.67. The average Bonchev–Trinajstić information content (AvgIpc) is 1.68. The molecule has 0 rings (SSSR count). The molecule has 0 atom stereocenters. The van der Waals surface area contributed by atoms with Crippen molar-refractivity contribution in [1.29, 1.82) is 0 Å². The summed E-state index contributed by atoms with van der Waals surface area (Å²) in [5.74, 6) is 0. The Morgan fingerprint density at radius 1 is 1.71 bits per heavy atom. The van der Waals surface area contributed by atoms with Crippen LogP contribution in [0.4, 0.5) is 0 Å². The van der Waals surface area contributed by atoms with Crippen molar-refractivity contribution in [3.63, 3.8) is 0 Å². The fraction of sp³-hybridized carbons (Fsp3) is 0.333. The van der Waals surface area contributed by atoms with Gasteiger partial charge in [0, 0.05) is 0 Å². The predicted molar refractivity (Wildman–Crippen MR) is 37.5 cm³/mol. The van der Waals surface area contributed by atoms with Crippen LogP contribution in [0.3, 0.4) is 0 Å². The maximum atomic E-state index is 3.56. The van der Waals surface area contributed by atoms with E-state index < -0.39 is 0 Å². The fourth-order valence-electron chi connectivity index (χ4n) is 0.234. The lowest BCUT2D eigenvalue weighted by Gasteiger charge is -1.85. The van der Waals surface area contributed by atoms with Gasteiger partial charge in [-0.2, -0.15) is 0 Å². The first-order valence-electron chi connectivity index (χ1n) is 2.14. The van der Waals surface area contributed by atoms with Gasteiger partial charge in [0.15, 0.2) is 0 Å². The SMILES string of the molecule is C=CC=C(C)SC. The summed E-state index contributed by atoms with van der Waals surface area (Å²) in [5.41, 5.74) is 0. The number of hydrogen-bond acceptors (Lipinski definition) is 1. The third-order valence-corrected chi connectivity index (χ3v) is 1.45. The first kappa shape index (κ1) is 6.83. The van der Waals surface area contributed by atoms with E-state index in [-0.39, 0.29) is 0 Å². The van der Waals surface area contributed by atoms with E-state index in [1.54, 1.807) is 17.8 Å². The Labute approximate surface area is 49.3 Å². The van der Waals surface area contributed by atoms with Gasteiger partial charge in [-0.05, 0) is 18.1 Å². The summed E-state index contributed by atoms with van der Waals surface area (Å²) >= 11 is 1.74. The molecule has 0 radical (unpaired) electrons. The van der Waals surface area contributed by atoms with E-state index in [0.717, 1.165) is 0 Å². The number of hydrogen-bond donors (Lipinski definition) is 0. The van der Waals surface area contributed by atoms with Crippen molar-refractivity contribution in [3.8, 4) is 0 Å². The van der Waals surface area contributed by atoms with Crippen LogP contribution in [0.15, 0.2) is 23.6 Å². The zero-order valence-corrected chi connectivity index (χ0v) is 5.59. The summed E-state index contributed by atoms with van der Waals surface area (Å²) in [6.07, 6.45) is 5.84. The minimum Gasteiger partial charge on any atom is -0.134 e. The first-order chi connectivity index (χ1) is 3.31. The van der Waals surface area contributed by atoms with E-state index in [1.165, 1.54) is 4.91 Å². The predicted octanol–water partition coefficient (Wildman–Crippen LogP) is 2.44. The standard InChI is InChI=1S/C6H10S/c1-4-5-6(2)7-3/h4-5H,1H2,2-3H3. The second-order valence-corrected chi connectivity index (χ2v) is 2.27. The van der Waals surface area contributed by atoms with Crippen molar-refractivity contribution in [2.75, 3.05) is 6.26 Å². The number of rotatable bonds is 2. The quantitative estimate of drug-likeness (QED) is 0.497. The minimum absolute atomic E-state index is 1.30. The van der Waals surface area contributed by atoms with Gasteiger partial charge in [-0.1, -0.05) is 18.7 Å². The summed E-state index contributed by atoms with van der Waals surface area (Å²) in [4.78, 5) is 1.30. The van der Waals surface area contributed by atoms with E-state index in [1.807, 2.05) is 6.08 Å². The molecule has 0 bridgehead atoms. The molecule has 0 N–H and O–H groups in total. The van der Waals surface area contributed by atoms with Crippen LogP contribution in [-0.4, -0.2) is 6.26 Å². The van der Waals surface area contributed by atoms with Gasteiger partial charge in [0.1, 0.15) is 0 Å². The first-order valence-corrected chi connectivity index (χ1v) is 3.37. The van der Waals surface area contributed by atoms with Crippen molar-refractivity contribution in [2.24, 2.45) is 0 Å². The molecule has 0 fully saturated rings. The van der Waals surface area contributed by atoms with Crippen LogP contribution in [0, 0.1) is 0 Å². The lowest BCUT2D eigenvalue weighted by Crippen LogP contribution is -1.58. The van der Waals surface area contributed by atoms with Crippen molar-refractivity contribution in [1.82, 2.24) is 0 Å². The van der Waals surface area contributed by atoms with Gasteiger partial charge in [0.2, 0.25) is 0 Å². The molecular weight excluding hydrogens is 104 g/mol. The highest BCUT2D eigenvalue weighted by Crippen LogP contribution is 2.07. The lowest BCUT2D eigenvalue weighted by molar-refractivity contribution is 1.68. The average molecular weight is 114 g/mol. The van der Waals surface area contributed by atoms with Crippen LogP contribution < -0.4 is 0 Å². The van der Waals surface area contributed by atoms with Gasteiger partial charge < -0.3 is 0 Å². The van der Waals surface area contributed by atoms with Crippen molar-refractivity contribution < 1.29 is 0 Å². The minimum atomic E-state index is 1.30. The largest absolute Gasteiger partial charge is 0.134 e. The van der Waals surface area contributed by atoms with Crippen molar-refractivity contribution >= 4 is 11.8 Å². The molecule has 0 unspecified atom stereocenters. The molecule has 7 heavy (non-hydrogen) atoms. The lowest BCUT2D eigenvalue weighted by atomic mass is 10.5. The maximum absolute atomic E-state index is 3.56. The molecule has 0 saturated heterocycles. The Morgan fingerprint density at radius 3 is 2.43 bits per heavy atom. The van der Waals surface area contributed by atoms with Gasteiger partial charge >= 0.3 is 0 Å². The fourth-order valence-corrected chi connectivity index (χ4v) is 0.466. The molecule has 0 amide bonds. The molecule has 1 heteroatoms. The van der Waals surface area contributed by atoms with Crippen LogP contribution in [0.5, 0.6) is 0 Å². The molecule has 0 saturated carbocycles. The normalized spacial score (nSPS) is 11.4. The molecule has 0 nitrogen and oxygen atoms in total. The Morgan fingerprint density at radius 2 is 2.29 bits per heavy atom. The zero-order valence-electron chi connectivity index (χ0n) is 4.77. The van der Waals surface area contributed by atoms with Crippen LogP contribution in [0.25, 0.3) is 0 Å². The van der Waals surface area contributed by atoms with Crippen LogP contribution in [-0.2, 0) is 0 Å². The van der Waals surface area contributed by atoms with Crippen molar-refractivity contribution in [2.45, 2.75) is 6.92 Å².